The molecular formula is C11H21NO5S. The maximum atomic E-state index is 11.8. The van der Waals surface area contributed by atoms with Crippen LogP contribution >= 0.6 is 0 Å². The molecule has 1 fully saturated rings. The highest BCUT2D eigenvalue weighted by atomic mass is 32.2. The number of rotatable bonds is 7. The number of aliphatic hydroxyl groups excluding tert-OH is 1. The number of sulfone groups is 1. The largest absolute Gasteiger partial charge is 0.394 e. The molecule has 0 aromatic rings. The molecule has 1 aliphatic rings. The van der Waals surface area contributed by atoms with Gasteiger partial charge in [-0.1, -0.05) is 6.92 Å². The van der Waals surface area contributed by atoms with Crippen molar-refractivity contribution in [3.8, 4) is 0 Å². The highest BCUT2D eigenvalue weighted by molar-refractivity contribution is 7.91. The zero-order valence-corrected chi connectivity index (χ0v) is 11.5. The van der Waals surface area contributed by atoms with Crippen LogP contribution in [0.3, 0.4) is 0 Å². The van der Waals surface area contributed by atoms with Gasteiger partial charge in [0.15, 0.2) is 9.84 Å². The number of amides is 1. The Labute approximate surface area is 108 Å². The van der Waals surface area contributed by atoms with Crippen molar-refractivity contribution in [2.45, 2.75) is 25.8 Å². The fraction of sp³-hybridized carbons (Fsp3) is 0.909. The van der Waals surface area contributed by atoms with Gasteiger partial charge in [0.2, 0.25) is 5.91 Å². The Morgan fingerprint density at radius 3 is 2.67 bits per heavy atom. The minimum Gasteiger partial charge on any atom is -0.394 e. The van der Waals surface area contributed by atoms with E-state index in [1.165, 1.54) is 0 Å². The van der Waals surface area contributed by atoms with Gasteiger partial charge in [-0.25, -0.2) is 8.42 Å². The van der Waals surface area contributed by atoms with Gasteiger partial charge in [-0.05, 0) is 6.42 Å². The number of hydrogen-bond acceptors (Lipinski definition) is 5. The molecule has 18 heavy (non-hydrogen) atoms. The third-order valence-electron chi connectivity index (χ3n) is 2.98. The van der Waals surface area contributed by atoms with E-state index >= 15 is 0 Å². The molecule has 0 bridgehead atoms. The third-order valence-corrected chi connectivity index (χ3v) is 4.73. The fourth-order valence-electron chi connectivity index (χ4n) is 2.06. The molecule has 1 rings (SSSR count). The van der Waals surface area contributed by atoms with Gasteiger partial charge in [-0.3, -0.25) is 4.79 Å². The highest BCUT2D eigenvalue weighted by Gasteiger charge is 2.33. The predicted octanol–water partition coefficient (Wildman–Crippen LogP) is -0.579. The van der Waals surface area contributed by atoms with Crippen LogP contribution in [-0.2, 0) is 19.4 Å². The Hall–Kier alpha value is -0.660. The molecule has 1 N–H and O–H groups in total. The van der Waals surface area contributed by atoms with Crippen molar-refractivity contribution in [2.75, 3.05) is 37.9 Å². The normalized spacial score (nSPS) is 22.0. The van der Waals surface area contributed by atoms with Gasteiger partial charge in [0.05, 0.1) is 31.3 Å². The van der Waals surface area contributed by atoms with E-state index in [9.17, 15) is 13.2 Å². The molecule has 106 valence electrons. The molecule has 0 aromatic carbocycles. The van der Waals surface area contributed by atoms with Gasteiger partial charge in [0.25, 0.3) is 0 Å². The van der Waals surface area contributed by atoms with E-state index < -0.39 is 9.84 Å². The maximum Gasteiger partial charge on any atom is 0.222 e. The van der Waals surface area contributed by atoms with Crippen molar-refractivity contribution in [1.29, 1.82) is 0 Å². The first-order valence-electron chi connectivity index (χ1n) is 6.18. The summed E-state index contributed by atoms with van der Waals surface area (Å²) in [7, 11) is -2.99. The summed E-state index contributed by atoms with van der Waals surface area (Å²) in [4.78, 5) is 13.4. The Bertz CT molecular complexity index is 368. The van der Waals surface area contributed by atoms with Crippen molar-refractivity contribution < 1.29 is 23.1 Å². The molecule has 1 amide bonds. The van der Waals surface area contributed by atoms with E-state index in [4.69, 9.17) is 9.84 Å². The molecule has 0 aliphatic carbocycles. The summed E-state index contributed by atoms with van der Waals surface area (Å²) in [6.45, 7) is 2.64. The summed E-state index contributed by atoms with van der Waals surface area (Å²) in [5.74, 6) is 0.159. The van der Waals surface area contributed by atoms with E-state index in [2.05, 4.69) is 0 Å². The number of nitrogens with zero attached hydrogens (tertiary/aromatic N) is 1. The van der Waals surface area contributed by atoms with Crippen LogP contribution in [0.15, 0.2) is 0 Å². The molecule has 0 radical (unpaired) electrons. The average molecular weight is 279 g/mol. The number of ether oxygens (including phenoxy) is 1. The Kier molecular flexibility index (Phi) is 6.04. The van der Waals surface area contributed by atoms with Crippen LogP contribution in [0.2, 0.25) is 0 Å². The molecule has 7 heteroatoms. The molecule has 0 saturated carbocycles. The lowest BCUT2D eigenvalue weighted by atomic mass is 10.2. The topological polar surface area (TPSA) is 83.9 Å². The molecule has 1 atom stereocenters. The van der Waals surface area contributed by atoms with Crippen LogP contribution in [0.4, 0.5) is 0 Å². The van der Waals surface area contributed by atoms with Gasteiger partial charge >= 0.3 is 0 Å². The first-order chi connectivity index (χ1) is 8.50. The smallest absolute Gasteiger partial charge is 0.222 e. The molecule has 0 spiro atoms. The highest BCUT2D eigenvalue weighted by Crippen LogP contribution is 2.18. The van der Waals surface area contributed by atoms with Crippen molar-refractivity contribution in [2.24, 2.45) is 0 Å². The standard InChI is InChI=1S/C11H21NO5S/c1-2-11(14)12(4-6-17-7-5-13)10-3-8-18(15,16)9-10/h10,13H,2-9H2,1H3. The van der Waals surface area contributed by atoms with E-state index in [1.807, 2.05) is 0 Å². The van der Waals surface area contributed by atoms with Gasteiger partial charge in [0, 0.05) is 19.0 Å². The summed E-state index contributed by atoms with van der Waals surface area (Å²) >= 11 is 0. The molecule has 1 saturated heterocycles. The van der Waals surface area contributed by atoms with Gasteiger partial charge in [-0.2, -0.15) is 0 Å². The molecule has 1 unspecified atom stereocenters. The summed E-state index contributed by atoms with van der Waals surface area (Å²) in [5, 5.41) is 8.58. The van der Waals surface area contributed by atoms with Crippen LogP contribution in [0.1, 0.15) is 19.8 Å². The number of carbonyl (C=O) groups is 1. The van der Waals surface area contributed by atoms with Gasteiger partial charge < -0.3 is 14.7 Å². The Morgan fingerprint density at radius 1 is 1.44 bits per heavy atom. The van der Waals surface area contributed by atoms with E-state index in [0.29, 0.717) is 26.0 Å². The van der Waals surface area contributed by atoms with E-state index in [0.717, 1.165) is 0 Å². The zero-order valence-electron chi connectivity index (χ0n) is 10.7. The third kappa shape index (κ3) is 4.55. The van der Waals surface area contributed by atoms with Crippen LogP contribution < -0.4 is 0 Å². The second-order valence-electron chi connectivity index (χ2n) is 4.33. The quantitative estimate of drug-likeness (QED) is 0.630. The minimum absolute atomic E-state index is 0.0512. The summed E-state index contributed by atoms with van der Waals surface area (Å²) in [6, 6.07) is -0.222. The molecular weight excluding hydrogens is 258 g/mol. The summed E-state index contributed by atoms with van der Waals surface area (Å²) < 4.78 is 28.0. The Morgan fingerprint density at radius 2 is 2.17 bits per heavy atom. The number of carbonyl (C=O) groups excluding carboxylic acids is 1. The minimum atomic E-state index is -2.99. The summed E-state index contributed by atoms with van der Waals surface area (Å²) in [6.07, 6.45) is 0.866. The number of hydrogen-bond donors (Lipinski definition) is 1. The van der Waals surface area contributed by atoms with Crippen LogP contribution in [0.5, 0.6) is 0 Å². The second-order valence-corrected chi connectivity index (χ2v) is 6.56. The monoisotopic (exact) mass is 279 g/mol. The van der Waals surface area contributed by atoms with Gasteiger partial charge in [0.1, 0.15) is 0 Å². The van der Waals surface area contributed by atoms with Crippen molar-refractivity contribution in [1.82, 2.24) is 4.90 Å². The first kappa shape index (κ1) is 15.4. The van der Waals surface area contributed by atoms with Crippen LogP contribution in [-0.4, -0.2) is 68.2 Å². The van der Waals surface area contributed by atoms with Crippen molar-refractivity contribution >= 4 is 15.7 Å². The molecule has 1 heterocycles. The predicted molar refractivity (Wildman–Crippen MR) is 67.0 cm³/mol. The Balaban J connectivity index is 2.53. The first-order valence-corrected chi connectivity index (χ1v) is 8.00. The molecule has 6 nitrogen and oxygen atoms in total. The lowest BCUT2D eigenvalue weighted by molar-refractivity contribution is -0.133. The number of aliphatic hydroxyl groups is 1. The lowest BCUT2D eigenvalue weighted by Gasteiger charge is -2.27. The van der Waals surface area contributed by atoms with E-state index in [1.54, 1.807) is 11.8 Å². The molecule has 1 aliphatic heterocycles. The lowest BCUT2D eigenvalue weighted by Crippen LogP contribution is -2.42. The molecule has 0 aromatic heterocycles. The van der Waals surface area contributed by atoms with Crippen molar-refractivity contribution in [3.63, 3.8) is 0 Å². The summed E-state index contributed by atoms with van der Waals surface area (Å²) in [5.41, 5.74) is 0. The SMILES string of the molecule is CCC(=O)N(CCOCCO)C1CCS(=O)(=O)C1. The van der Waals surface area contributed by atoms with Crippen molar-refractivity contribution in [3.05, 3.63) is 0 Å². The average Bonchev–Trinajstić information content (AvgIpc) is 2.68. The van der Waals surface area contributed by atoms with E-state index in [-0.39, 0.29) is 36.7 Å². The van der Waals surface area contributed by atoms with Gasteiger partial charge in [-0.15, -0.1) is 0 Å². The second kappa shape index (κ2) is 7.06. The van der Waals surface area contributed by atoms with Crippen LogP contribution in [0, 0.1) is 0 Å². The maximum absolute atomic E-state index is 11.8. The fourth-order valence-corrected chi connectivity index (χ4v) is 3.80. The van der Waals surface area contributed by atoms with Crippen LogP contribution in [0.25, 0.3) is 0 Å². The zero-order chi connectivity index (χ0) is 13.6.